The molecule has 0 amide bonds. The van der Waals surface area contributed by atoms with Gasteiger partial charge in [0, 0.05) is 20.2 Å². The molecule has 2 heterocycles. The van der Waals surface area contributed by atoms with E-state index in [-0.39, 0.29) is 0 Å². The molecule has 1 aliphatic heterocycles. The molecule has 0 radical (unpaired) electrons. The molecule has 0 saturated heterocycles. The first-order valence-electron chi connectivity index (χ1n) is 5.65. The van der Waals surface area contributed by atoms with E-state index >= 15 is 0 Å². The first-order valence-corrected chi connectivity index (χ1v) is 6.46. The quantitative estimate of drug-likeness (QED) is 0.823. The van der Waals surface area contributed by atoms with Crippen LogP contribution in [-0.4, -0.2) is 44.2 Å². The Morgan fingerprint density at radius 1 is 1.47 bits per heavy atom. The lowest BCUT2D eigenvalue weighted by molar-refractivity contribution is 0.184. The van der Waals surface area contributed by atoms with Crippen molar-refractivity contribution in [3.63, 3.8) is 0 Å². The second-order valence-electron chi connectivity index (χ2n) is 4.14. The second kappa shape index (κ2) is 5.62. The molecule has 0 aliphatic carbocycles. The summed E-state index contributed by atoms with van der Waals surface area (Å²) in [5.74, 6) is 0.695. The number of aromatic nitrogens is 1. The summed E-state index contributed by atoms with van der Waals surface area (Å²) in [6, 6.07) is 0. The predicted octanol–water partition coefficient (Wildman–Crippen LogP) is 2.02. The van der Waals surface area contributed by atoms with Crippen molar-refractivity contribution >= 4 is 16.9 Å². The summed E-state index contributed by atoms with van der Waals surface area (Å²) < 4.78 is 10.4. The standard InChI is InChI=1S/C12H18N2O2S/c1-14-6-4-5-9(7-14)12-13-11(16-3)10(17-12)8-15-2/h5H,4,6-8H2,1-3H3. The van der Waals surface area contributed by atoms with Crippen molar-refractivity contribution < 1.29 is 9.47 Å². The summed E-state index contributed by atoms with van der Waals surface area (Å²) in [5.41, 5.74) is 1.30. The maximum Gasteiger partial charge on any atom is 0.230 e. The van der Waals surface area contributed by atoms with Crippen molar-refractivity contribution in [3.05, 3.63) is 16.0 Å². The summed E-state index contributed by atoms with van der Waals surface area (Å²) >= 11 is 1.66. The van der Waals surface area contributed by atoms with E-state index in [1.807, 2.05) is 0 Å². The Balaban J connectivity index is 2.23. The molecule has 17 heavy (non-hydrogen) atoms. The highest BCUT2D eigenvalue weighted by molar-refractivity contribution is 7.13. The van der Waals surface area contributed by atoms with E-state index < -0.39 is 0 Å². The number of hydrogen-bond donors (Lipinski definition) is 0. The molecule has 0 saturated carbocycles. The summed E-state index contributed by atoms with van der Waals surface area (Å²) in [6.45, 7) is 2.64. The average Bonchev–Trinajstić information content (AvgIpc) is 2.73. The van der Waals surface area contributed by atoms with E-state index in [1.165, 1.54) is 5.57 Å². The fraction of sp³-hybridized carbons (Fsp3) is 0.583. The van der Waals surface area contributed by atoms with Crippen LogP contribution in [0, 0.1) is 0 Å². The van der Waals surface area contributed by atoms with E-state index in [4.69, 9.17) is 9.47 Å². The Morgan fingerprint density at radius 3 is 2.94 bits per heavy atom. The van der Waals surface area contributed by atoms with Crippen molar-refractivity contribution in [3.8, 4) is 5.88 Å². The Hall–Kier alpha value is -0.910. The van der Waals surface area contributed by atoms with E-state index in [1.54, 1.807) is 25.6 Å². The van der Waals surface area contributed by atoms with Crippen LogP contribution in [0.2, 0.25) is 0 Å². The van der Waals surface area contributed by atoms with Gasteiger partial charge in [-0.25, -0.2) is 4.98 Å². The van der Waals surface area contributed by atoms with Gasteiger partial charge in [-0.15, -0.1) is 11.3 Å². The SMILES string of the molecule is COCc1sc(C2=CCCN(C)C2)nc1OC. The normalized spacial score (nSPS) is 17.0. The summed E-state index contributed by atoms with van der Waals surface area (Å²) in [6.07, 6.45) is 3.36. The molecule has 1 aromatic rings. The minimum atomic E-state index is 0.559. The third-order valence-electron chi connectivity index (χ3n) is 2.75. The summed E-state index contributed by atoms with van der Waals surface area (Å²) in [7, 11) is 5.47. The molecule has 0 aromatic carbocycles. The lowest BCUT2D eigenvalue weighted by atomic mass is 10.1. The van der Waals surface area contributed by atoms with Crippen LogP contribution in [0.5, 0.6) is 5.88 Å². The van der Waals surface area contributed by atoms with Crippen LogP contribution in [0.3, 0.4) is 0 Å². The van der Waals surface area contributed by atoms with Gasteiger partial charge in [0.25, 0.3) is 0 Å². The van der Waals surface area contributed by atoms with Crippen LogP contribution in [-0.2, 0) is 11.3 Å². The van der Waals surface area contributed by atoms with Crippen molar-refractivity contribution in [1.29, 1.82) is 0 Å². The van der Waals surface area contributed by atoms with Gasteiger partial charge in [0.2, 0.25) is 5.88 Å². The maximum atomic E-state index is 5.27. The van der Waals surface area contributed by atoms with Gasteiger partial charge in [-0.3, -0.25) is 0 Å². The third kappa shape index (κ3) is 2.86. The Bertz CT molecular complexity index is 415. The number of thiazole rings is 1. The molecule has 1 aromatic heterocycles. The van der Waals surface area contributed by atoms with Gasteiger partial charge in [-0.2, -0.15) is 0 Å². The predicted molar refractivity (Wildman–Crippen MR) is 69.5 cm³/mol. The average molecular weight is 254 g/mol. The van der Waals surface area contributed by atoms with Crippen molar-refractivity contribution in [1.82, 2.24) is 9.88 Å². The third-order valence-corrected chi connectivity index (χ3v) is 3.83. The molecular weight excluding hydrogens is 236 g/mol. The highest BCUT2D eigenvalue weighted by atomic mass is 32.1. The minimum absolute atomic E-state index is 0.559. The summed E-state index contributed by atoms with van der Waals surface area (Å²) in [5, 5.41) is 1.06. The first kappa shape index (κ1) is 12.5. The van der Waals surface area contributed by atoms with Crippen LogP contribution in [0.4, 0.5) is 0 Å². The molecule has 1 aliphatic rings. The number of ether oxygens (including phenoxy) is 2. The first-order chi connectivity index (χ1) is 8.24. The number of rotatable bonds is 4. The molecule has 0 spiro atoms. The highest BCUT2D eigenvalue weighted by Gasteiger charge is 2.17. The van der Waals surface area contributed by atoms with E-state index in [0.717, 1.165) is 29.4 Å². The molecule has 5 heteroatoms. The molecule has 0 unspecified atom stereocenters. The van der Waals surface area contributed by atoms with Gasteiger partial charge >= 0.3 is 0 Å². The largest absolute Gasteiger partial charge is 0.480 e. The number of likely N-dealkylation sites (N-methyl/N-ethyl adjacent to an activating group) is 1. The number of hydrogen-bond acceptors (Lipinski definition) is 5. The Kier molecular flexibility index (Phi) is 4.15. The Morgan fingerprint density at radius 2 is 2.29 bits per heavy atom. The smallest absolute Gasteiger partial charge is 0.230 e. The van der Waals surface area contributed by atoms with Gasteiger partial charge < -0.3 is 14.4 Å². The molecule has 94 valence electrons. The zero-order valence-corrected chi connectivity index (χ0v) is 11.3. The van der Waals surface area contributed by atoms with Crippen LogP contribution in [0.25, 0.3) is 5.57 Å². The van der Waals surface area contributed by atoms with Gasteiger partial charge in [-0.1, -0.05) is 6.08 Å². The zero-order chi connectivity index (χ0) is 12.3. The lowest BCUT2D eigenvalue weighted by Crippen LogP contribution is -2.24. The van der Waals surface area contributed by atoms with E-state index in [9.17, 15) is 0 Å². The molecule has 0 fully saturated rings. The van der Waals surface area contributed by atoms with E-state index in [0.29, 0.717) is 12.5 Å². The number of methoxy groups -OCH3 is 2. The van der Waals surface area contributed by atoms with Crippen molar-refractivity contribution in [2.45, 2.75) is 13.0 Å². The van der Waals surface area contributed by atoms with E-state index in [2.05, 4.69) is 23.0 Å². The van der Waals surface area contributed by atoms with Crippen molar-refractivity contribution in [2.75, 3.05) is 34.4 Å². The van der Waals surface area contributed by atoms with Crippen LogP contribution < -0.4 is 4.74 Å². The monoisotopic (exact) mass is 254 g/mol. The maximum absolute atomic E-state index is 5.27. The number of nitrogens with zero attached hydrogens (tertiary/aromatic N) is 2. The fourth-order valence-corrected chi connectivity index (χ4v) is 2.94. The summed E-state index contributed by atoms with van der Waals surface area (Å²) in [4.78, 5) is 7.89. The molecule has 4 nitrogen and oxygen atoms in total. The minimum Gasteiger partial charge on any atom is -0.480 e. The van der Waals surface area contributed by atoms with Crippen LogP contribution in [0.15, 0.2) is 6.08 Å². The van der Waals surface area contributed by atoms with Gasteiger partial charge in [0.1, 0.15) is 5.01 Å². The van der Waals surface area contributed by atoms with Crippen molar-refractivity contribution in [2.24, 2.45) is 0 Å². The second-order valence-corrected chi connectivity index (χ2v) is 5.22. The van der Waals surface area contributed by atoms with Gasteiger partial charge in [0.05, 0.1) is 18.6 Å². The van der Waals surface area contributed by atoms with Crippen LogP contribution in [0.1, 0.15) is 16.3 Å². The molecule has 0 atom stereocenters. The Labute approximate surface area is 106 Å². The van der Waals surface area contributed by atoms with Gasteiger partial charge in [-0.05, 0) is 19.0 Å². The zero-order valence-electron chi connectivity index (χ0n) is 10.5. The molecule has 2 rings (SSSR count). The molecule has 0 bridgehead atoms. The van der Waals surface area contributed by atoms with Crippen LogP contribution >= 0.6 is 11.3 Å². The lowest BCUT2D eigenvalue weighted by Gasteiger charge is -2.21. The molecule has 0 N–H and O–H groups in total. The fourth-order valence-electron chi connectivity index (χ4n) is 1.91. The molecular formula is C12H18N2O2S. The van der Waals surface area contributed by atoms with Gasteiger partial charge in [0.15, 0.2) is 0 Å². The topological polar surface area (TPSA) is 34.6 Å². The highest BCUT2D eigenvalue weighted by Crippen LogP contribution is 2.31.